The molecule has 0 spiro atoms. The molecule has 0 unspecified atom stereocenters. The molecule has 2 aromatic rings. The van der Waals surface area contributed by atoms with Crippen LogP contribution in [0.4, 0.5) is 0 Å². The summed E-state index contributed by atoms with van der Waals surface area (Å²) in [6.07, 6.45) is 7.34. The molecule has 0 N–H and O–H groups in total. The van der Waals surface area contributed by atoms with Gasteiger partial charge < -0.3 is 9.64 Å². The summed E-state index contributed by atoms with van der Waals surface area (Å²) in [7, 11) is 1.61. The van der Waals surface area contributed by atoms with Crippen molar-refractivity contribution in [2.24, 2.45) is 0 Å². The van der Waals surface area contributed by atoms with Gasteiger partial charge in [0.2, 0.25) is 0 Å². The van der Waals surface area contributed by atoms with Crippen LogP contribution in [0, 0.1) is 11.3 Å². The van der Waals surface area contributed by atoms with Crippen molar-refractivity contribution in [2.45, 2.75) is 37.6 Å². The van der Waals surface area contributed by atoms with E-state index >= 15 is 0 Å². The van der Waals surface area contributed by atoms with Crippen LogP contribution in [0.25, 0.3) is 11.0 Å². The normalized spacial score (nSPS) is 15.8. The lowest BCUT2D eigenvalue weighted by atomic mass is 9.81. The van der Waals surface area contributed by atoms with Crippen molar-refractivity contribution < 1.29 is 14.3 Å². The van der Waals surface area contributed by atoms with Crippen molar-refractivity contribution >= 4 is 22.9 Å². The molecule has 1 fully saturated rings. The van der Waals surface area contributed by atoms with E-state index in [2.05, 4.69) is 16.0 Å². The summed E-state index contributed by atoms with van der Waals surface area (Å²) in [5.74, 6) is -0.976. The fraction of sp³-hybridized carbons (Fsp3) is 0.421. The molecule has 1 saturated carbocycles. The van der Waals surface area contributed by atoms with Gasteiger partial charge in [0.25, 0.3) is 5.91 Å². The Morgan fingerprint density at radius 3 is 2.58 bits per heavy atom. The van der Waals surface area contributed by atoms with Crippen molar-refractivity contribution in [3.8, 4) is 6.07 Å². The molecule has 1 aliphatic carbocycles. The van der Waals surface area contributed by atoms with Crippen LogP contribution in [-0.2, 0) is 9.53 Å². The van der Waals surface area contributed by atoms with Gasteiger partial charge in [0, 0.05) is 19.4 Å². The Hall–Kier alpha value is -3.01. The van der Waals surface area contributed by atoms with Crippen molar-refractivity contribution in [1.29, 1.82) is 5.26 Å². The summed E-state index contributed by atoms with van der Waals surface area (Å²) in [5.41, 5.74) is 0.769. The van der Waals surface area contributed by atoms with Crippen LogP contribution in [0.3, 0.4) is 0 Å². The van der Waals surface area contributed by atoms with E-state index in [0.29, 0.717) is 29.4 Å². The van der Waals surface area contributed by atoms with Crippen molar-refractivity contribution in [3.05, 3.63) is 36.2 Å². The highest BCUT2D eigenvalue weighted by atomic mass is 16.5. The number of rotatable bonds is 4. The maximum Gasteiger partial charge on any atom is 0.338 e. The number of amides is 1. The first-order chi connectivity index (χ1) is 12.6. The Balaban J connectivity index is 1.64. The number of nitriles is 1. The van der Waals surface area contributed by atoms with Crippen molar-refractivity contribution in [3.63, 3.8) is 0 Å². The van der Waals surface area contributed by atoms with Crippen molar-refractivity contribution in [1.82, 2.24) is 14.9 Å². The molecule has 1 amide bonds. The molecule has 1 aliphatic rings. The lowest BCUT2D eigenvalue weighted by Gasteiger charge is -2.38. The number of nitrogens with zero attached hydrogens (tertiary/aromatic N) is 4. The van der Waals surface area contributed by atoms with Crippen LogP contribution in [0.15, 0.2) is 30.6 Å². The quantitative estimate of drug-likeness (QED) is 0.784. The van der Waals surface area contributed by atoms with Gasteiger partial charge in [-0.05, 0) is 31.0 Å². The molecule has 26 heavy (non-hydrogen) atoms. The lowest BCUT2D eigenvalue weighted by Crippen LogP contribution is -2.51. The molecular formula is C19H20N4O3. The van der Waals surface area contributed by atoms with Crippen LogP contribution in [0.1, 0.15) is 42.5 Å². The fourth-order valence-corrected chi connectivity index (χ4v) is 3.30. The van der Waals surface area contributed by atoms with E-state index in [1.807, 2.05) is 0 Å². The molecule has 0 radical (unpaired) electrons. The molecular weight excluding hydrogens is 332 g/mol. The first-order valence-electron chi connectivity index (χ1n) is 8.61. The van der Waals surface area contributed by atoms with Gasteiger partial charge in [-0.2, -0.15) is 5.26 Å². The Morgan fingerprint density at radius 2 is 1.88 bits per heavy atom. The first kappa shape index (κ1) is 17.8. The lowest BCUT2D eigenvalue weighted by molar-refractivity contribution is -0.138. The number of fused-ring (bicyclic) bond motifs is 1. The molecule has 3 rings (SSSR count). The highest BCUT2D eigenvalue weighted by Crippen LogP contribution is 2.32. The minimum atomic E-state index is -0.791. The standard InChI is InChI=1S/C19H20N4O3/c1-23(19(13-20)7-3-2-4-8-19)17(24)12-26-18(25)14-5-6-15-16(11-14)22-10-9-21-15/h5-6,9-11H,2-4,7-8,12H2,1H3. The molecule has 0 bridgehead atoms. The minimum absolute atomic E-state index is 0.307. The highest BCUT2D eigenvalue weighted by Gasteiger charge is 2.39. The van der Waals surface area contributed by atoms with Gasteiger partial charge in [-0.1, -0.05) is 19.3 Å². The predicted octanol–water partition coefficient (Wildman–Crippen LogP) is 2.47. The molecule has 0 aliphatic heterocycles. The third kappa shape index (κ3) is 3.49. The van der Waals surface area contributed by atoms with E-state index in [-0.39, 0.29) is 5.91 Å². The van der Waals surface area contributed by atoms with E-state index in [9.17, 15) is 14.9 Å². The molecule has 1 heterocycles. The molecule has 1 aromatic heterocycles. The monoisotopic (exact) mass is 352 g/mol. The Labute approximate surface area is 151 Å². The van der Waals surface area contributed by atoms with Crippen LogP contribution < -0.4 is 0 Å². The number of hydrogen-bond donors (Lipinski definition) is 0. The fourth-order valence-electron chi connectivity index (χ4n) is 3.30. The topological polar surface area (TPSA) is 96.2 Å². The molecule has 1 aromatic carbocycles. The minimum Gasteiger partial charge on any atom is -0.452 e. The smallest absolute Gasteiger partial charge is 0.338 e. The summed E-state index contributed by atoms with van der Waals surface area (Å²) < 4.78 is 5.15. The molecule has 7 heteroatoms. The molecule has 134 valence electrons. The number of carbonyl (C=O) groups is 2. The number of ether oxygens (including phenoxy) is 1. The molecule has 7 nitrogen and oxygen atoms in total. The second-order valence-corrected chi connectivity index (χ2v) is 6.49. The van der Waals surface area contributed by atoms with Crippen LogP contribution in [-0.4, -0.2) is 45.9 Å². The van der Waals surface area contributed by atoms with Gasteiger partial charge in [0.05, 0.1) is 22.7 Å². The number of benzene rings is 1. The summed E-state index contributed by atoms with van der Waals surface area (Å²) in [6.45, 7) is -0.392. The van der Waals surface area contributed by atoms with Crippen molar-refractivity contribution in [2.75, 3.05) is 13.7 Å². The SMILES string of the molecule is CN(C(=O)COC(=O)c1ccc2nccnc2c1)C1(C#N)CCCCC1. The van der Waals surface area contributed by atoms with Gasteiger partial charge >= 0.3 is 5.97 Å². The number of aromatic nitrogens is 2. The van der Waals surface area contributed by atoms with Crippen LogP contribution >= 0.6 is 0 Å². The van der Waals surface area contributed by atoms with E-state index in [1.165, 1.54) is 4.90 Å². The van der Waals surface area contributed by atoms with E-state index in [4.69, 9.17) is 4.74 Å². The predicted molar refractivity (Wildman–Crippen MR) is 94.0 cm³/mol. The second-order valence-electron chi connectivity index (χ2n) is 6.49. The number of likely N-dealkylation sites (N-methyl/N-ethyl adjacent to an activating group) is 1. The zero-order valence-corrected chi connectivity index (χ0v) is 14.6. The summed E-state index contributed by atoms with van der Waals surface area (Å²) >= 11 is 0. The average molecular weight is 352 g/mol. The third-order valence-electron chi connectivity index (χ3n) is 4.94. The third-order valence-corrected chi connectivity index (χ3v) is 4.94. The van der Waals surface area contributed by atoms with E-state index in [1.54, 1.807) is 37.6 Å². The van der Waals surface area contributed by atoms with Crippen LogP contribution in [0.5, 0.6) is 0 Å². The second kappa shape index (κ2) is 7.48. The van der Waals surface area contributed by atoms with Gasteiger partial charge in [0.15, 0.2) is 6.61 Å². The maximum absolute atomic E-state index is 12.4. The molecule has 0 atom stereocenters. The highest BCUT2D eigenvalue weighted by molar-refractivity contribution is 5.94. The maximum atomic E-state index is 12.4. The Morgan fingerprint density at radius 1 is 1.19 bits per heavy atom. The van der Waals surface area contributed by atoms with Gasteiger partial charge in [0.1, 0.15) is 5.54 Å². The van der Waals surface area contributed by atoms with E-state index in [0.717, 1.165) is 19.3 Å². The Bertz CT molecular complexity index is 868. The largest absolute Gasteiger partial charge is 0.452 e. The first-order valence-corrected chi connectivity index (χ1v) is 8.61. The zero-order chi connectivity index (χ0) is 18.6. The number of esters is 1. The van der Waals surface area contributed by atoms with Gasteiger partial charge in [-0.25, -0.2) is 4.79 Å². The van der Waals surface area contributed by atoms with Gasteiger partial charge in [-0.3, -0.25) is 14.8 Å². The molecule has 0 saturated heterocycles. The summed E-state index contributed by atoms with van der Waals surface area (Å²) in [6, 6.07) is 7.14. The van der Waals surface area contributed by atoms with Crippen LogP contribution in [0.2, 0.25) is 0 Å². The Kier molecular flexibility index (Phi) is 5.12. The van der Waals surface area contributed by atoms with E-state index < -0.39 is 18.1 Å². The number of hydrogen-bond acceptors (Lipinski definition) is 6. The number of carbonyl (C=O) groups excluding carboxylic acids is 2. The average Bonchev–Trinajstić information content (AvgIpc) is 2.71. The summed E-state index contributed by atoms with van der Waals surface area (Å²) in [4.78, 5) is 34.4. The zero-order valence-electron chi connectivity index (χ0n) is 14.6. The summed E-state index contributed by atoms with van der Waals surface area (Å²) in [5, 5.41) is 9.55. The van der Waals surface area contributed by atoms with Gasteiger partial charge in [-0.15, -0.1) is 0 Å².